The van der Waals surface area contributed by atoms with Gasteiger partial charge in [-0.05, 0) is 30.3 Å². The Balaban J connectivity index is 1.65. The van der Waals surface area contributed by atoms with Crippen LogP contribution in [0.15, 0.2) is 66.3 Å². The fraction of sp³-hybridized carbons (Fsp3) is 0.227. The number of para-hydroxylation sites is 1. The maximum Gasteiger partial charge on any atom is 0.230 e. The highest BCUT2D eigenvalue weighted by molar-refractivity contribution is 7.99. The lowest BCUT2D eigenvalue weighted by Gasteiger charge is -2.10. The molecule has 1 heterocycles. The number of nitrogens with zero attached hydrogens (tertiary/aromatic N) is 3. The number of rotatable bonds is 10. The molecule has 0 atom stereocenters. The van der Waals surface area contributed by atoms with Crippen molar-refractivity contribution in [3.8, 4) is 22.9 Å². The number of nitrogens with one attached hydrogen (secondary N) is 1. The second kappa shape index (κ2) is 10.5. The first kappa shape index (κ1) is 21.4. The number of amides is 1. The van der Waals surface area contributed by atoms with Crippen LogP contribution in [0.4, 0.5) is 0 Å². The van der Waals surface area contributed by atoms with Crippen molar-refractivity contribution in [1.82, 2.24) is 20.1 Å². The second-order valence-electron chi connectivity index (χ2n) is 6.31. The molecule has 0 radical (unpaired) electrons. The topological polar surface area (TPSA) is 78.3 Å². The van der Waals surface area contributed by atoms with Gasteiger partial charge in [0.2, 0.25) is 5.91 Å². The number of ether oxygens (including phenoxy) is 2. The minimum absolute atomic E-state index is 0.0925. The van der Waals surface area contributed by atoms with Crippen LogP contribution in [0.5, 0.6) is 11.5 Å². The van der Waals surface area contributed by atoms with Gasteiger partial charge >= 0.3 is 0 Å². The molecule has 2 aromatic carbocycles. The molecule has 0 aliphatic heterocycles. The number of hydrogen-bond acceptors (Lipinski definition) is 6. The summed E-state index contributed by atoms with van der Waals surface area (Å²) in [6.45, 7) is 4.76. The summed E-state index contributed by atoms with van der Waals surface area (Å²) in [5.74, 6) is 2.38. The molecular weight excluding hydrogens is 400 g/mol. The van der Waals surface area contributed by atoms with Crippen molar-refractivity contribution in [1.29, 1.82) is 0 Å². The van der Waals surface area contributed by atoms with E-state index in [1.54, 1.807) is 20.3 Å². The summed E-state index contributed by atoms with van der Waals surface area (Å²) in [5.41, 5.74) is 1.84. The summed E-state index contributed by atoms with van der Waals surface area (Å²) in [6, 6.07) is 15.2. The van der Waals surface area contributed by atoms with Crippen molar-refractivity contribution in [2.45, 2.75) is 18.2 Å². The van der Waals surface area contributed by atoms with Gasteiger partial charge in [0, 0.05) is 24.2 Å². The maximum absolute atomic E-state index is 12.3. The lowest BCUT2D eigenvalue weighted by Crippen LogP contribution is -2.25. The van der Waals surface area contributed by atoms with Gasteiger partial charge in [0.1, 0.15) is 11.5 Å². The van der Waals surface area contributed by atoms with E-state index in [0.717, 1.165) is 28.5 Å². The summed E-state index contributed by atoms with van der Waals surface area (Å²) in [5, 5.41) is 12.2. The van der Waals surface area contributed by atoms with Crippen LogP contribution in [0.3, 0.4) is 0 Å². The number of hydrogen-bond donors (Lipinski definition) is 1. The van der Waals surface area contributed by atoms with Crippen LogP contribution >= 0.6 is 11.8 Å². The standard InChI is InChI=1S/C22H24N4O3S/c1-4-13-26-21(16-9-11-18(28-2)12-10-16)24-25-22(26)30-15-20(27)23-14-17-7-5-6-8-19(17)29-3/h4-12H,1,13-15H2,2-3H3,(H,23,27). The monoisotopic (exact) mass is 424 g/mol. The van der Waals surface area contributed by atoms with Crippen molar-refractivity contribution >= 4 is 17.7 Å². The van der Waals surface area contributed by atoms with Crippen molar-refractivity contribution in [2.24, 2.45) is 0 Å². The predicted octanol–water partition coefficient (Wildman–Crippen LogP) is 3.56. The van der Waals surface area contributed by atoms with Gasteiger partial charge < -0.3 is 14.8 Å². The largest absolute Gasteiger partial charge is 0.497 e. The number of benzene rings is 2. The van der Waals surface area contributed by atoms with E-state index in [1.165, 1.54) is 11.8 Å². The van der Waals surface area contributed by atoms with Crippen molar-refractivity contribution in [3.05, 3.63) is 66.7 Å². The van der Waals surface area contributed by atoms with Gasteiger partial charge in [-0.25, -0.2) is 0 Å². The summed E-state index contributed by atoms with van der Waals surface area (Å²) in [4.78, 5) is 12.3. The SMILES string of the molecule is C=CCn1c(SCC(=O)NCc2ccccc2OC)nnc1-c1ccc(OC)cc1. The number of methoxy groups -OCH3 is 2. The van der Waals surface area contributed by atoms with Gasteiger partial charge in [0.05, 0.1) is 20.0 Å². The molecule has 156 valence electrons. The first-order valence-corrected chi connectivity index (χ1v) is 10.3. The van der Waals surface area contributed by atoms with Gasteiger partial charge in [-0.3, -0.25) is 9.36 Å². The van der Waals surface area contributed by atoms with Crippen LogP contribution in [0.25, 0.3) is 11.4 Å². The van der Waals surface area contributed by atoms with Crippen LogP contribution in [-0.2, 0) is 17.9 Å². The quantitative estimate of drug-likeness (QED) is 0.396. The molecule has 0 saturated carbocycles. The molecule has 3 aromatic rings. The molecule has 1 aromatic heterocycles. The molecule has 0 saturated heterocycles. The molecule has 7 nitrogen and oxygen atoms in total. The van der Waals surface area contributed by atoms with E-state index in [-0.39, 0.29) is 11.7 Å². The first-order chi connectivity index (χ1) is 14.7. The third-order valence-corrected chi connectivity index (χ3v) is 5.34. The maximum atomic E-state index is 12.3. The van der Waals surface area contributed by atoms with Crippen molar-refractivity contribution < 1.29 is 14.3 Å². The average molecular weight is 425 g/mol. The van der Waals surface area contributed by atoms with Crippen LogP contribution < -0.4 is 14.8 Å². The van der Waals surface area contributed by atoms with E-state index in [2.05, 4.69) is 22.1 Å². The third kappa shape index (κ3) is 5.21. The molecular formula is C22H24N4O3S. The second-order valence-corrected chi connectivity index (χ2v) is 7.25. The van der Waals surface area contributed by atoms with Crippen LogP contribution in [0.2, 0.25) is 0 Å². The molecule has 8 heteroatoms. The van der Waals surface area contributed by atoms with E-state index >= 15 is 0 Å². The Kier molecular flexibility index (Phi) is 7.51. The Labute approximate surface area is 180 Å². The molecule has 30 heavy (non-hydrogen) atoms. The molecule has 0 unspecified atom stereocenters. The van der Waals surface area contributed by atoms with Crippen molar-refractivity contribution in [3.63, 3.8) is 0 Å². The Morgan fingerprint density at radius 1 is 1.13 bits per heavy atom. The Morgan fingerprint density at radius 2 is 1.90 bits per heavy atom. The van der Waals surface area contributed by atoms with E-state index in [0.29, 0.717) is 18.2 Å². The number of thioether (sulfide) groups is 1. The average Bonchev–Trinajstić information content (AvgIpc) is 3.19. The fourth-order valence-corrected chi connectivity index (χ4v) is 3.64. The minimum Gasteiger partial charge on any atom is -0.497 e. The van der Waals surface area contributed by atoms with Crippen molar-refractivity contribution in [2.75, 3.05) is 20.0 Å². The van der Waals surface area contributed by atoms with E-state index in [4.69, 9.17) is 9.47 Å². The van der Waals surface area contributed by atoms with E-state index in [1.807, 2.05) is 53.1 Å². The molecule has 1 amide bonds. The summed E-state index contributed by atoms with van der Waals surface area (Å²) < 4.78 is 12.5. The number of aromatic nitrogens is 3. The van der Waals surface area contributed by atoms with Gasteiger partial charge in [-0.2, -0.15) is 0 Å². The molecule has 0 fully saturated rings. The lowest BCUT2D eigenvalue weighted by atomic mass is 10.2. The minimum atomic E-state index is -0.0925. The van der Waals surface area contributed by atoms with Gasteiger partial charge in [0.15, 0.2) is 11.0 Å². The van der Waals surface area contributed by atoms with Crippen LogP contribution in [0, 0.1) is 0 Å². The zero-order valence-electron chi connectivity index (χ0n) is 17.0. The molecule has 3 rings (SSSR count). The van der Waals surface area contributed by atoms with Gasteiger partial charge in [0.25, 0.3) is 0 Å². The highest BCUT2D eigenvalue weighted by Crippen LogP contribution is 2.25. The molecule has 0 spiro atoms. The van der Waals surface area contributed by atoms with Crippen LogP contribution in [0.1, 0.15) is 5.56 Å². The first-order valence-electron chi connectivity index (χ1n) is 9.36. The Hall–Kier alpha value is -3.26. The van der Waals surface area contributed by atoms with Gasteiger partial charge in [-0.1, -0.05) is 36.0 Å². The van der Waals surface area contributed by atoms with Gasteiger partial charge in [-0.15, -0.1) is 16.8 Å². The molecule has 1 N–H and O–H groups in total. The van der Waals surface area contributed by atoms with E-state index < -0.39 is 0 Å². The number of allylic oxidation sites excluding steroid dienone is 1. The normalized spacial score (nSPS) is 10.5. The Bertz CT molecular complexity index is 1000. The van der Waals surface area contributed by atoms with E-state index in [9.17, 15) is 4.79 Å². The highest BCUT2D eigenvalue weighted by Gasteiger charge is 2.15. The smallest absolute Gasteiger partial charge is 0.230 e. The zero-order chi connectivity index (χ0) is 21.3. The molecule has 0 aliphatic rings. The number of carbonyl (C=O) groups excluding carboxylic acids is 1. The summed E-state index contributed by atoms with van der Waals surface area (Å²) >= 11 is 1.34. The summed E-state index contributed by atoms with van der Waals surface area (Å²) in [6.07, 6.45) is 1.78. The van der Waals surface area contributed by atoms with Crippen LogP contribution in [-0.4, -0.2) is 40.6 Å². The molecule has 0 bridgehead atoms. The zero-order valence-corrected chi connectivity index (χ0v) is 17.8. The summed E-state index contributed by atoms with van der Waals surface area (Å²) in [7, 11) is 3.24. The highest BCUT2D eigenvalue weighted by atomic mass is 32.2. The number of carbonyl (C=O) groups is 1. The third-order valence-electron chi connectivity index (χ3n) is 4.38. The fourth-order valence-electron chi connectivity index (χ4n) is 2.87. The lowest BCUT2D eigenvalue weighted by molar-refractivity contribution is -0.118. The predicted molar refractivity (Wildman–Crippen MR) is 118 cm³/mol. The molecule has 0 aliphatic carbocycles. The Morgan fingerprint density at radius 3 is 2.60 bits per heavy atom.